The fourth-order valence-electron chi connectivity index (χ4n) is 5.67. The number of rotatable bonds is 1. The van der Waals surface area contributed by atoms with Gasteiger partial charge in [0, 0.05) is 11.6 Å². The summed E-state index contributed by atoms with van der Waals surface area (Å²) in [5.74, 6) is 2.11. The van der Waals surface area contributed by atoms with E-state index in [4.69, 9.17) is 4.74 Å². The van der Waals surface area contributed by atoms with Gasteiger partial charge in [0.2, 0.25) is 5.69 Å². The smallest absolute Gasteiger partial charge is 0.228 e. The highest BCUT2D eigenvalue weighted by Gasteiger charge is 2.34. The van der Waals surface area contributed by atoms with E-state index in [0.29, 0.717) is 0 Å². The first-order valence-corrected chi connectivity index (χ1v) is 11.0. The van der Waals surface area contributed by atoms with Gasteiger partial charge in [0.15, 0.2) is 6.20 Å². The van der Waals surface area contributed by atoms with Crippen molar-refractivity contribution in [3.8, 4) is 22.8 Å². The second-order valence-electron chi connectivity index (χ2n) is 10.3. The molecule has 6 rings (SSSR count). The Balaban J connectivity index is 1.72. The van der Waals surface area contributed by atoms with Crippen LogP contribution in [-0.2, 0) is 26.3 Å². The van der Waals surface area contributed by atoms with Crippen LogP contribution in [0.3, 0.4) is 0 Å². The normalized spacial score (nSPS) is 14.3. The van der Waals surface area contributed by atoms with E-state index >= 15 is 0 Å². The Hall–Kier alpha value is -2.87. The molecule has 0 saturated carbocycles. The molecule has 0 amide bonds. The van der Waals surface area contributed by atoms with Crippen molar-refractivity contribution in [2.75, 3.05) is 0 Å². The molecule has 1 aliphatic carbocycles. The molecule has 0 N–H and O–H groups in total. The molecule has 2 heterocycles. The summed E-state index contributed by atoms with van der Waals surface area (Å²) in [5.41, 5.74) is 8.35. The average Bonchev–Trinajstić information content (AvgIpc) is 3.12. The fourth-order valence-corrected chi connectivity index (χ4v) is 5.67. The van der Waals surface area contributed by atoms with Crippen LogP contribution in [0.15, 0.2) is 42.6 Å². The largest absolute Gasteiger partial charge is 0.455 e. The van der Waals surface area contributed by atoms with Crippen molar-refractivity contribution in [2.24, 2.45) is 12.5 Å². The van der Waals surface area contributed by atoms with Gasteiger partial charge in [-0.3, -0.25) is 0 Å². The lowest BCUT2D eigenvalue weighted by Crippen LogP contribution is -2.32. The van der Waals surface area contributed by atoms with Crippen LogP contribution in [0.4, 0.5) is 0 Å². The zero-order chi connectivity index (χ0) is 20.8. The van der Waals surface area contributed by atoms with Crippen LogP contribution >= 0.6 is 0 Å². The topological polar surface area (TPSA) is 13.1 Å². The first-order chi connectivity index (χ1) is 14.3. The van der Waals surface area contributed by atoms with Gasteiger partial charge < -0.3 is 4.74 Å². The van der Waals surface area contributed by atoms with Gasteiger partial charge in [-0.2, -0.15) is 0 Å². The van der Waals surface area contributed by atoms with Gasteiger partial charge in [0.25, 0.3) is 0 Å². The third-order valence-electron chi connectivity index (χ3n) is 6.82. The molecule has 2 heteroatoms. The van der Waals surface area contributed by atoms with Crippen LogP contribution in [0.25, 0.3) is 32.8 Å². The zero-order valence-electron chi connectivity index (χ0n) is 18.5. The number of hydrogen-bond donors (Lipinski definition) is 0. The second kappa shape index (κ2) is 5.85. The monoisotopic (exact) mass is 394 g/mol. The Morgan fingerprint density at radius 2 is 1.87 bits per heavy atom. The Morgan fingerprint density at radius 1 is 1.03 bits per heavy atom. The van der Waals surface area contributed by atoms with E-state index in [1.807, 2.05) is 0 Å². The standard InChI is InChI=1S/C28H28NO/c1-16-20-8-6-7-18-9-10-21(24(18)20)27-23(16)26-25-19(11-12-29(26)5)13-17(14-22(25)30-27)15-28(2,3)4/h6-8,11-14H,9-10,15H2,1-5H3/q+1. The molecule has 0 radical (unpaired) electrons. The second-order valence-corrected chi connectivity index (χ2v) is 10.3. The molecule has 1 aromatic heterocycles. The summed E-state index contributed by atoms with van der Waals surface area (Å²) in [5, 5.41) is 5.33. The molecule has 2 aliphatic rings. The average molecular weight is 395 g/mol. The zero-order valence-corrected chi connectivity index (χ0v) is 18.5. The Bertz CT molecular complexity index is 1390. The van der Waals surface area contributed by atoms with E-state index < -0.39 is 0 Å². The van der Waals surface area contributed by atoms with Gasteiger partial charge in [-0.1, -0.05) is 45.0 Å². The van der Waals surface area contributed by atoms with E-state index in [-0.39, 0.29) is 5.41 Å². The Morgan fingerprint density at radius 3 is 2.67 bits per heavy atom. The van der Waals surface area contributed by atoms with Crippen molar-refractivity contribution in [3.05, 3.63) is 64.8 Å². The van der Waals surface area contributed by atoms with E-state index in [1.54, 1.807) is 0 Å². The van der Waals surface area contributed by atoms with Crippen molar-refractivity contribution in [2.45, 2.75) is 47.0 Å². The van der Waals surface area contributed by atoms with Crippen LogP contribution in [0.2, 0.25) is 0 Å². The van der Waals surface area contributed by atoms with Gasteiger partial charge in [0.05, 0.1) is 10.9 Å². The van der Waals surface area contributed by atoms with Gasteiger partial charge >= 0.3 is 0 Å². The van der Waals surface area contributed by atoms with Crippen LogP contribution in [0, 0.1) is 12.3 Å². The number of hydrogen-bond acceptors (Lipinski definition) is 1. The summed E-state index contributed by atoms with van der Waals surface area (Å²) in [7, 11) is 2.16. The quantitative estimate of drug-likeness (QED) is 0.292. The molecular formula is C28H28NO+. The van der Waals surface area contributed by atoms with E-state index in [0.717, 1.165) is 30.8 Å². The van der Waals surface area contributed by atoms with Gasteiger partial charge in [-0.15, -0.1) is 0 Å². The number of aromatic nitrogens is 1. The minimum absolute atomic E-state index is 0.241. The van der Waals surface area contributed by atoms with Gasteiger partial charge in [-0.05, 0) is 70.5 Å². The van der Waals surface area contributed by atoms with Crippen LogP contribution in [-0.4, -0.2) is 0 Å². The van der Waals surface area contributed by atoms with Crippen molar-refractivity contribution in [3.63, 3.8) is 0 Å². The van der Waals surface area contributed by atoms with Crippen molar-refractivity contribution >= 4 is 21.5 Å². The summed E-state index contributed by atoms with van der Waals surface area (Å²) in [6.45, 7) is 9.16. The summed E-state index contributed by atoms with van der Waals surface area (Å²) < 4.78 is 9.07. The minimum Gasteiger partial charge on any atom is -0.455 e. The molecule has 0 fully saturated rings. The lowest BCUT2D eigenvalue weighted by atomic mass is 9.85. The molecular weight excluding hydrogens is 366 g/mol. The lowest BCUT2D eigenvalue weighted by Gasteiger charge is -2.25. The lowest BCUT2D eigenvalue weighted by molar-refractivity contribution is -0.659. The van der Waals surface area contributed by atoms with E-state index in [9.17, 15) is 0 Å². The minimum atomic E-state index is 0.241. The summed E-state index contributed by atoms with van der Waals surface area (Å²) in [6.07, 6.45) is 5.42. The number of aryl methyl sites for hydroxylation is 4. The number of ether oxygens (including phenoxy) is 1. The molecule has 0 spiro atoms. The highest BCUT2D eigenvalue weighted by molar-refractivity contribution is 6.07. The summed E-state index contributed by atoms with van der Waals surface area (Å²) >= 11 is 0. The molecule has 2 nitrogen and oxygen atoms in total. The first kappa shape index (κ1) is 17.9. The SMILES string of the molecule is Cc1c2c(c3c4c(cccc14)CC3)Oc1cc(CC(C)(C)C)cc3cc[n+](C)c-2c13. The number of fused-ring (bicyclic) bond motifs is 3. The molecule has 1 aliphatic heterocycles. The maximum absolute atomic E-state index is 6.79. The van der Waals surface area contributed by atoms with Crippen molar-refractivity contribution in [1.29, 1.82) is 0 Å². The number of benzene rings is 3. The predicted molar refractivity (Wildman–Crippen MR) is 123 cm³/mol. The highest BCUT2D eigenvalue weighted by Crippen LogP contribution is 2.52. The summed E-state index contributed by atoms with van der Waals surface area (Å²) in [4.78, 5) is 0. The van der Waals surface area contributed by atoms with E-state index in [1.165, 1.54) is 55.1 Å². The summed E-state index contributed by atoms with van der Waals surface area (Å²) in [6, 6.07) is 13.6. The van der Waals surface area contributed by atoms with Crippen LogP contribution in [0.1, 0.15) is 43.0 Å². The van der Waals surface area contributed by atoms with Gasteiger partial charge in [-0.25, -0.2) is 4.57 Å². The maximum Gasteiger partial charge on any atom is 0.228 e. The predicted octanol–water partition coefficient (Wildman–Crippen LogP) is 6.59. The third-order valence-corrected chi connectivity index (χ3v) is 6.82. The van der Waals surface area contributed by atoms with Gasteiger partial charge in [0.1, 0.15) is 18.5 Å². The number of nitrogens with zero attached hydrogens (tertiary/aromatic N) is 1. The van der Waals surface area contributed by atoms with Crippen LogP contribution < -0.4 is 9.30 Å². The van der Waals surface area contributed by atoms with Crippen LogP contribution in [0.5, 0.6) is 11.5 Å². The first-order valence-electron chi connectivity index (χ1n) is 11.0. The molecule has 4 aromatic rings. The molecule has 0 bridgehead atoms. The molecule has 30 heavy (non-hydrogen) atoms. The molecule has 0 atom stereocenters. The molecule has 3 aromatic carbocycles. The maximum atomic E-state index is 6.79. The number of pyridine rings is 1. The molecule has 0 saturated heterocycles. The fraction of sp³-hybridized carbons (Fsp3) is 0.321. The van der Waals surface area contributed by atoms with Crippen molar-refractivity contribution < 1.29 is 9.30 Å². The van der Waals surface area contributed by atoms with Crippen molar-refractivity contribution in [1.82, 2.24) is 0 Å². The highest BCUT2D eigenvalue weighted by atomic mass is 16.5. The Kier molecular flexibility index (Phi) is 3.50. The van der Waals surface area contributed by atoms with E-state index in [2.05, 4.69) is 81.9 Å². The molecule has 0 unspecified atom stereocenters. The Labute approximate surface area is 178 Å². The molecule has 150 valence electrons. The third kappa shape index (κ3) is 2.40.